The molecule has 2 fully saturated rings. The van der Waals surface area contributed by atoms with Crippen molar-refractivity contribution in [1.29, 1.82) is 0 Å². The number of rotatable bonds is 5. The molecule has 0 spiro atoms. The fraction of sp³-hybridized carbons (Fsp3) is 0.440. The third-order valence-electron chi connectivity index (χ3n) is 7.39. The van der Waals surface area contributed by atoms with E-state index >= 15 is 0 Å². The minimum absolute atomic E-state index is 0.0278. The van der Waals surface area contributed by atoms with Crippen LogP contribution in [-0.4, -0.2) is 55.8 Å². The van der Waals surface area contributed by atoms with Gasteiger partial charge in [-0.3, -0.25) is 5.32 Å². The molecule has 3 aromatic rings. The predicted molar refractivity (Wildman–Crippen MR) is 132 cm³/mol. The molecular weight excluding hydrogens is 455 g/mol. The number of fused-ring (bicyclic) bond motifs is 2. The summed E-state index contributed by atoms with van der Waals surface area (Å²) in [6, 6.07) is 10.8. The quantitative estimate of drug-likeness (QED) is 0.546. The Hall–Kier alpha value is -2.91. The van der Waals surface area contributed by atoms with Gasteiger partial charge in [-0.25, -0.2) is 14.2 Å². The standard InChI is InChI=1S/C25H29FN4O3S/c1-30-11-10-25(15-4-7-19(32-2)20(12-15)33-3)9-8-17(14-22(25)30)27-23(31)29-24-28-18-6-5-16(26)13-21(18)34-24/h4-7,12-13,17,22H,8-11,14H2,1-3H3,(H2,27,28,29,31)/t17-,22+,25-/m0/s1. The molecule has 2 N–H and O–H groups in total. The first-order valence-electron chi connectivity index (χ1n) is 11.5. The topological polar surface area (TPSA) is 75.7 Å². The van der Waals surface area contributed by atoms with Crippen LogP contribution in [-0.2, 0) is 5.41 Å². The maximum Gasteiger partial charge on any atom is 0.321 e. The number of aromatic nitrogens is 1. The molecule has 3 atom stereocenters. The van der Waals surface area contributed by atoms with E-state index in [2.05, 4.69) is 39.7 Å². The molecule has 34 heavy (non-hydrogen) atoms. The zero-order valence-electron chi connectivity index (χ0n) is 19.6. The number of ether oxygens (including phenoxy) is 2. The van der Waals surface area contributed by atoms with Crippen LogP contribution in [0.4, 0.5) is 14.3 Å². The van der Waals surface area contributed by atoms with Crippen molar-refractivity contribution < 1.29 is 18.7 Å². The molecule has 1 saturated heterocycles. The number of nitrogens with zero attached hydrogens (tertiary/aromatic N) is 2. The fourth-order valence-corrected chi connectivity index (χ4v) is 6.55. The number of halogens is 1. The summed E-state index contributed by atoms with van der Waals surface area (Å²) in [5, 5.41) is 6.43. The van der Waals surface area contributed by atoms with Crippen LogP contribution in [0.5, 0.6) is 11.5 Å². The first-order valence-corrected chi connectivity index (χ1v) is 12.3. The zero-order valence-corrected chi connectivity index (χ0v) is 20.4. The second-order valence-corrected chi connectivity index (χ2v) is 10.2. The van der Waals surface area contributed by atoms with E-state index in [9.17, 15) is 9.18 Å². The Kier molecular flexibility index (Phi) is 6.07. The van der Waals surface area contributed by atoms with E-state index in [0.717, 1.165) is 43.7 Å². The highest BCUT2D eigenvalue weighted by atomic mass is 32.1. The molecule has 2 aromatic carbocycles. The molecule has 5 rings (SSSR count). The number of carbonyl (C=O) groups excluding carboxylic acids is 1. The van der Waals surface area contributed by atoms with E-state index in [0.29, 0.717) is 21.4 Å². The van der Waals surface area contributed by atoms with E-state index in [1.165, 1.54) is 29.0 Å². The molecular formula is C25H29FN4O3S. The second-order valence-electron chi connectivity index (χ2n) is 9.17. The molecule has 9 heteroatoms. The van der Waals surface area contributed by atoms with Crippen molar-refractivity contribution in [1.82, 2.24) is 15.2 Å². The molecule has 1 saturated carbocycles. The molecule has 1 aliphatic heterocycles. The van der Waals surface area contributed by atoms with Gasteiger partial charge in [0.2, 0.25) is 0 Å². The SMILES string of the molecule is COc1ccc([C@@]23CC[C@H](NC(=O)Nc4nc5ccc(F)cc5s4)C[C@H]2N(C)CC3)cc1OC. The van der Waals surface area contributed by atoms with Gasteiger partial charge in [0.05, 0.1) is 24.4 Å². The average molecular weight is 485 g/mol. The van der Waals surface area contributed by atoms with E-state index < -0.39 is 0 Å². The third-order valence-corrected chi connectivity index (χ3v) is 8.33. The van der Waals surface area contributed by atoms with Crippen LogP contribution in [0.15, 0.2) is 36.4 Å². The van der Waals surface area contributed by atoms with Crippen molar-refractivity contribution in [3.63, 3.8) is 0 Å². The lowest BCUT2D eigenvalue weighted by atomic mass is 9.65. The Morgan fingerprint density at radius 3 is 2.79 bits per heavy atom. The summed E-state index contributed by atoms with van der Waals surface area (Å²) in [7, 11) is 5.48. The Labute approximate surface area is 202 Å². The van der Waals surface area contributed by atoms with Crippen molar-refractivity contribution >= 4 is 32.7 Å². The molecule has 0 radical (unpaired) electrons. The molecule has 1 aromatic heterocycles. The number of likely N-dealkylation sites (tertiary alicyclic amines) is 1. The number of urea groups is 1. The number of benzene rings is 2. The number of amides is 2. The lowest BCUT2D eigenvalue weighted by molar-refractivity contribution is 0.156. The molecule has 0 bridgehead atoms. The van der Waals surface area contributed by atoms with Crippen molar-refractivity contribution in [3.8, 4) is 11.5 Å². The summed E-state index contributed by atoms with van der Waals surface area (Å²) >= 11 is 1.27. The smallest absolute Gasteiger partial charge is 0.321 e. The largest absolute Gasteiger partial charge is 0.493 e. The van der Waals surface area contributed by atoms with Crippen molar-refractivity contribution in [2.45, 2.75) is 43.2 Å². The van der Waals surface area contributed by atoms with Gasteiger partial charge < -0.3 is 19.7 Å². The lowest BCUT2D eigenvalue weighted by Gasteiger charge is -2.45. The van der Waals surface area contributed by atoms with E-state index in [1.54, 1.807) is 20.3 Å². The average Bonchev–Trinajstić information content (AvgIpc) is 3.38. The predicted octanol–water partition coefficient (Wildman–Crippen LogP) is 4.77. The monoisotopic (exact) mass is 484 g/mol. The summed E-state index contributed by atoms with van der Waals surface area (Å²) in [5.74, 6) is 1.17. The van der Waals surface area contributed by atoms with Crippen molar-refractivity contribution in [3.05, 3.63) is 47.8 Å². The van der Waals surface area contributed by atoms with Crippen LogP contribution in [0.3, 0.4) is 0 Å². The van der Waals surface area contributed by atoms with E-state index in [4.69, 9.17) is 9.47 Å². The number of thiazole rings is 1. The van der Waals surface area contributed by atoms with Crippen LogP contribution in [0.1, 0.15) is 31.2 Å². The molecule has 2 heterocycles. The minimum Gasteiger partial charge on any atom is -0.493 e. The Morgan fingerprint density at radius 2 is 2.00 bits per heavy atom. The van der Waals surface area contributed by atoms with Gasteiger partial charge in [-0.1, -0.05) is 17.4 Å². The van der Waals surface area contributed by atoms with Gasteiger partial charge in [-0.15, -0.1) is 0 Å². The first kappa shape index (κ1) is 22.9. The van der Waals surface area contributed by atoms with Crippen molar-refractivity contribution in [2.24, 2.45) is 0 Å². The number of carbonyl (C=O) groups is 1. The maximum atomic E-state index is 13.5. The number of nitrogens with one attached hydrogen (secondary N) is 2. The first-order chi connectivity index (χ1) is 16.4. The summed E-state index contributed by atoms with van der Waals surface area (Å²) < 4.78 is 25.2. The van der Waals surface area contributed by atoms with Gasteiger partial charge in [0.1, 0.15) is 5.82 Å². The fourth-order valence-electron chi connectivity index (χ4n) is 5.67. The van der Waals surface area contributed by atoms with Gasteiger partial charge in [0.15, 0.2) is 16.6 Å². The van der Waals surface area contributed by atoms with Crippen LogP contribution in [0.25, 0.3) is 10.2 Å². The van der Waals surface area contributed by atoms with Crippen molar-refractivity contribution in [2.75, 3.05) is 33.1 Å². The molecule has 0 unspecified atom stereocenters. The Balaban J connectivity index is 1.29. The highest BCUT2D eigenvalue weighted by molar-refractivity contribution is 7.22. The molecule has 180 valence electrons. The van der Waals surface area contributed by atoms with Crippen LogP contribution >= 0.6 is 11.3 Å². The van der Waals surface area contributed by atoms with Gasteiger partial charge >= 0.3 is 6.03 Å². The number of hydrogen-bond acceptors (Lipinski definition) is 6. The summed E-state index contributed by atoms with van der Waals surface area (Å²) in [6.07, 6.45) is 3.80. The number of likely N-dealkylation sites (N-methyl/N-ethyl adjacent to an activating group) is 1. The van der Waals surface area contributed by atoms with Gasteiger partial charge in [0, 0.05) is 17.5 Å². The number of methoxy groups -OCH3 is 2. The molecule has 2 amide bonds. The lowest BCUT2D eigenvalue weighted by Crippen LogP contribution is -2.52. The third kappa shape index (κ3) is 4.07. The molecule has 1 aliphatic carbocycles. The highest BCUT2D eigenvalue weighted by Gasteiger charge is 2.50. The molecule has 7 nitrogen and oxygen atoms in total. The minimum atomic E-state index is -0.312. The van der Waals surface area contributed by atoms with Crippen LogP contribution in [0, 0.1) is 5.82 Å². The summed E-state index contributed by atoms with van der Waals surface area (Å²) in [4.78, 5) is 19.5. The zero-order chi connectivity index (χ0) is 23.9. The summed E-state index contributed by atoms with van der Waals surface area (Å²) in [6.45, 7) is 1.01. The van der Waals surface area contributed by atoms with Gasteiger partial charge in [-0.05, 0) is 75.2 Å². The summed E-state index contributed by atoms with van der Waals surface area (Å²) in [5.41, 5.74) is 1.97. The van der Waals surface area contributed by atoms with E-state index in [1.807, 2.05) is 6.07 Å². The number of hydrogen-bond donors (Lipinski definition) is 2. The van der Waals surface area contributed by atoms with Gasteiger partial charge in [-0.2, -0.15) is 0 Å². The highest BCUT2D eigenvalue weighted by Crippen LogP contribution is 2.49. The maximum absolute atomic E-state index is 13.5. The Bertz CT molecular complexity index is 1220. The van der Waals surface area contributed by atoms with Crippen LogP contribution < -0.4 is 20.1 Å². The second kappa shape index (κ2) is 9.03. The van der Waals surface area contributed by atoms with Crippen LogP contribution in [0.2, 0.25) is 0 Å². The number of anilines is 1. The van der Waals surface area contributed by atoms with E-state index in [-0.39, 0.29) is 23.3 Å². The van der Waals surface area contributed by atoms with Gasteiger partial charge in [0.25, 0.3) is 0 Å². The Morgan fingerprint density at radius 1 is 1.18 bits per heavy atom. The normalized spacial score (nSPS) is 24.6. The molecule has 2 aliphatic rings.